The molecule has 0 aromatic heterocycles. The van der Waals surface area contributed by atoms with Crippen LogP contribution in [-0.4, -0.2) is 31.2 Å². The Morgan fingerprint density at radius 2 is 1.92 bits per heavy atom. The van der Waals surface area contributed by atoms with Gasteiger partial charge in [-0.15, -0.1) is 0 Å². The number of amides is 1. The van der Waals surface area contributed by atoms with Crippen LogP contribution >= 0.6 is 11.6 Å². The Morgan fingerprint density at radius 1 is 1.20 bits per heavy atom. The first kappa shape index (κ1) is 17.8. The van der Waals surface area contributed by atoms with Gasteiger partial charge < -0.3 is 5.32 Å². The van der Waals surface area contributed by atoms with Crippen LogP contribution in [0.5, 0.6) is 0 Å². The number of anilines is 1. The molecular weight excluding hydrogens is 367 g/mol. The molecule has 2 aromatic rings. The molecule has 5 nitrogen and oxygen atoms in total. The van der Waals surface area contributed by atoms with Crippen LogP contribution in [0.4, 0.5) is 10.1 Å². The number of rotatable bonds is 4. The summed E-state index contributed by atoms with van der Waals surface area (Å²) in [5.41, 5.74) is 0.292. The lowest BCUT2D eigenvalue weighted by Crippen LogP contribution is -2.43. The minimum absolute atomic E-state index is 0.0855. The Bertz CT molecular complexity index is 887. The molecule has 1 saturated heterocycles. The number of carbonyl (C=O) groups is 1. The van der Waals surface area contributed by atoms with E-state index in [1.165, 1.54) is 46.8 Å². The third kappa shape index (κ3) is 3.84. The van der Waals surface area contributed by atoms with Crippen LogP contribution in [-0.2, 0) is 14.8 Å². The molecule has 1 fully saturated rings. The molecule has 1 aliphatic rings. The van der Waals surface area contributed by atoms with Crippen molar-refractivity contribution in [1.29, 1.82) is 0 Å². The predicted octanol–water partition coefficient (Wildman–Crippen LogP) is 3.27. The summed E-state index contributed by atoms with van der Waals surface area (Å²) >= 11 is 5.80. The van der Waals surface area contributed by atoms with Gasteiger partial charge in [0.05, 0.1) is 4.90 Å². The zero-order valence-corrected chi connectivity index (χ0v) is 14.7. The van der Waals surface area contributed by atoms with Crippen molar-refractivity contribution >= 4 is 33.2 Å². The maximum atomic E-state index is 13.2. The monoisotopic (exact) mass is 382 g/mol. The van der Waals surface area contributed by atoms with Gasteiger partial charge >= 0.3 is 0 Å². The van der Waals surface area contributed by atoms with E-state index in [9.17, 15) is 17.6 Å². The minimum Gasteiger partial charge on any atom is -0.325 e. The molecule has 2 aromatic carbocycles. The molecular formula is C17H16ClFN2O3S. The van der Waals surface area contributed by atoms with Crippen LogP contribution in [0.25, 0.3) is 0 Å². The first-order chi connectivity index (χ1) is 11.9. The molecule has 1 aliphatic heterocycles. The molecule has 0 spiro atoms. The van der Waals surface area contributed by atoms with Crippen LogP contribution < -0.4 is 5.32 Å². The van der Waals surface area contributed by atoms with E-state index >= 15 is 0 Å². The van der Waals surface area contributed by atoms with E-state index in [4.69, 9.17) is 11.6 Å². The largest absolute Gasteiger partial charge is 0.325 e. The van der Waals surface area contributed by atoms with Gasteiger partial charge in [-0.25, -0.2) is 12.8 Å². The smallest absolute Gasteiger partial charge is 0.243 e. The number of nitrogens with zero attached hydrogens (tertiary/aromatic N) is 1. The number of hydrogen-bond acceptors (Lipinski definition) is 3. The number of nitrogens with one attached hydrogen (secondary N) is 1. The van der Waals surface area contributed by atoms with Crippen molar-refractivity contribution in [2.24, 2.45) is 0 Å². The molecule has 25 heavy (non-hydrogen) atoms. The van der Waals surface area contributed by atoms with Crippen molar-refractivity contribution in [2.75, 3.05) is 11.9 Å². The van der Waals surface area contributed by atoms with Gasteiger partial charge in [-0.1, -0.05) is 17.7 Å². The SMILES string of the molecule is O=C(Nc1cccc(F)c1)[C@H]1CCCN1S(=O)(=O)c1ccc(Cl)cc1. The molecule has 1 atom stereocenters. The van der Waals surface area contributed by atoms with Crippen LogP contribution in [0, 0.1) is 5.82 Å². The van der Waals surface area contributed by atoms with Crippen molar-refractivity contribution in [3.8, 4) is 0 Å². The van der Waals surface area contributed by atoms with Gasteiger partial charge in [0.1, 0.15) is 11.9 Å². The molecule has 0 radical (unpaired) electrons. The molecule has 8 heteroatoms. The average Bonchev–Trinajstić information content (AvgIpc) is 3.06. The molecule has 0 aliphatic carbocycles. The Labute approximate surface area is 150 Å². The summed E-state index contributed by atoms with van der Waals surface area (Å²) in [6, 6.07) is 10.5. The minimum atomic E-state index is -3.81. The highest BCUT2D eigenvalue weighted by molar-refractivity contribution is 7.89. The Balaban J connectivity index is 1.82. The van der Waals surface area contributed by atoms with E-state index in [0.29, 0.717) is 23.6 Å². The third-order valence-corrected chi connectivity index (χ3v) is 6.19. The van der Waals surface area contributed by atoms with Gasteiger partial charge in [-0.2, -0.15) is 4.31 Å². The first-order valence-corrected chi connectivity index (χ1v) is 9.53. The maximum absolute atomic E-state index is 13.2. The zero-order chi connectivity index (χ0) is 18.0. The fraction of sp³-hybridized carbons (Fsp3) is 0.235. The van der Waals surface area contributed by atoms with Crippen molar-refractivity contribution in [3.63, 3.8) is 0 Å². The average molecular weight is 383 g/mol. The molecule has 0 unspecified atom stereocenters. The fourth-order valence-electron chi connectivity index (χ4n) is 2.82. The molecule has 1 heterocycles. The number of sulfonamides is 1. The topological polar surface area (TPSA) is 66.5 Å². The standard InChI is InChI=1S/C17H16ClFN2O3S/c18-12-6-8-15(9-7-12)25(23,24)21-10-2-5-16(21)17(22)20-14-4-1-3-13(19)11-14/h1,3-4,6-9,11,16H,2,5,10H2,(H,20,22)/t16-/m1/s1. The number of carbonyl (C=O) groups excluding carboxylic acids is 1. The molecule has 0 saturated carbocycles. The Morgan fingerprint density at radius 3 is 2.60 bits per heavy atom. The summed E-state index contributed by atoms with van der Waals surface area (Å²) in [7, 11) is -3.81. The van der Waals surface area contributed by atoms with Gasteiger partial charge in [-0.05, 0) is 55.3 Å². The number of halogens is 2. The van der Waals surface area contributed by atoms with Crippen LogP contribution in [0.2, 0.25) is 5.02 Å². The second-order valence-corrected chi connectivity index (χ2v) is 8.05. The Hall–Kier alpha value is -1.96. The number of benzene rings is 2. The highest BCUT2D eigenvalue weighted by atomic mass is 35.5. The highest BCUT2D eigenvalue weighted by Gasteiger charge is 2.39. The maximum Gasteiger partial charge on any atom is 0.243 e. The quantitative estimate of drug-likeness (QED) is 0.882. The Kier molecular flexibility index (Phi) is 5.08. The lowest BCUT2D eigenvalue weighted by atomic mass is 10.2. The van der Waals surface area contributed by atoms with Crippen molar-refractivity contribution in [1.82, 2.24) is 4.31 Å². The lowest BCUT2D eigenvalue weighted by molar-refractivity contribution is -0.119. The molecule has 1 amide bonds. The van der Waals surface area contributed by atoms with E-state index in [-0.39, 0.29) is 11.4 Å². The zero-order valence-electron chi connectivity index (χ0n) is 13.2. The van der Waals surface area contributed by atoms with Gasteiger partial charge in [-0.3, -0.25) is 4.79 Å². The molecule has 3 rings (SSSR count). The summed E-state index contributed by atoms with van der Waals surface area (Å²) in [6.45, 7) is 0.256. The lowest BCUT2D eigenvalue weighted by Gasteiger charge is -2.23. The van der Waals surface area contributed by atoms with E-state index < -0.39 is 27.8 Å². The molecule has 1 N–H and O–H groups in total. The third-order valence-electron chi connectivity index (χ3n) is 4.02. The van der Waals surface area contributed by atoms with E-state index in [0.717, 1.165) is 0 Å². The summed E-state index contributed by atoms with van der Waals surface area (Å²) in [5.74, 6) is -0.949. The predicted molar refractivity (Wildman–Crippen MR) is 93.4 cm³/mol. The van der Waals surface area contributed by atoms with Gasteiger partial charge in [0.25, 0.3) is 0 Å². The molecule has 132 valence electrons. The van der Waals surface area contributed by atoms with E-state index in [2.05, 4.69) is 5.32 Å². The van der Waals surface area contributed by atoms with E-state index in [1.807, 2.05) is 0 Å². The van der Waals surface area contributed by atoms with Gasteiger partial charge in [0, 0.05) is 17.3 Å². The van der Waals surface area contributed by atoms with Gasteiger partial charge in [0.15, 0.2) is 0 Å². The second-order valence-electron chi connectivity index (χ2n) is 5.73. The molecule has 0 bridgehead atoms. The second kappa shape index (κ2) is 7.11. The highest BCUT2D eigenvalue weighted by Crippen LogP contribution is 2.27. The van der Waals surface area contributed by atoms with Crippen molar-refractivity contribution in [3.05, 3.63) is 59.4 Å². The summed E-state index contributed by atoms with van der Waals surface area (Å²) in [6.07, 6.45) is 0.988. The number of hydrogen-bond donors (Lipinski definition) is 1. The summed E-state index contributed by atoms with van der Waals surface area (Å²) < 4.78 is 40.1. The van der Waals surface area contributed by atoms with Crippen molar-refractivity contribution in [2.45, 2.75) is 23.8 Å². The normalized spacial score (nSPS) is 18.2. The van der Waals surface area contributed by atoms with Crippen LogP contribution in [0.15, 0.2) is 53.4 Å². The van der Waals surface area contributed by atoms with Crippen molar-refractivity contribution < 1.29 is 17.6 Å². The van der Waals surface area contributed by atoms with E-state index in [1.54, 1.807) is 6.07 Å². The summed E-state index contributed by atoms with van der Waals surface area (Å²) in [4.78, 5) is 12.6. The van der Waals surface area contributed by atoms with Crippen LogP contribution in [0.1, 0.15) is 12.8 Å². The summed E-state index contributed by atoms with van der Waals surface area (Å²) in [5, 5.41) is 3.01. The first-order valence-electron chi connectivity index (χ1n) is 7.72. The fourth-order valence-corrected chi connectivity index (χ4v) is 4.61. The van der Waals surface area contributed by atoms with Crippen LogP contribution in [0.3, 0.4) is 0 Å². The van der Waals surface area contributed by atoms with Gasteiger partial charge in [0.2, 0.25) is 15.9 Å².